The maximum absolute atomic E-state index is 13.5. The van der Waals surface area contributed by atoms with Crippen LogP contribution in [0.4, 0.5) is 19.5 Å². The largest absolute Gasteiger partial charge is 0.447 e. The average Bonchev–Trinajstić information content (AvgIpc) is 3.28. The number of nitrogens with zero attached hydrogens (tertiary/aromatic N) is 1. The summed E-state index contributed by atoms with van der Waals surface area (Å²) in [6.45, 7) is 2.90. The molecule has 0 bridgehead atoms. The lowest BCUT2D eigenvalue weighted by molar-refractivity contribution is -0.121. The van der Waals surface area contributed by atoms with Crippen molar-refractivity contribution in [2.24, 2.45) is 0 Å². The first-order chi connectivity index (χ1) is 17.5. The Morgan fingerprint density at radius 2 is 1.95 bits per heavy atom. The van der Waals surface area contributed by atoms with E-state index in [1.54, 1.807) is 26.0 Å². The van der Waals surface area contributed by atoms with E-state index in [4.69, 9.17) is 20.9 Å². The number of hydrogen-bond donors (Lipinski definition) is 4. The van der Waals surface area contributed by atoms with Crippen LogP contribution < -0.4 is 16.0 Å². The van der Waals surface area contributed by atoms with Crippen molar-refractivity contribution in [3.05, 3.63) is 70.8 Å². The van der Waals surface area contributed by atoms with Crippen LogP contribution in [0.2, 0.25) is 5.02 Å². The number of hydrogen-bond acceptors (Lipinski definition) is 7. The molecule has 0 saturated carbocycles. The van der Waals surface area contributed by atoms with Gasteiger partial charge in [-0.2, -0.15) is 0 Å². The number of anilines is 1. The van der Waals surface area contributed by atoms with Gasteiger partial charge in [-0.15, -0.1) is 0 Å². The number of rotatable bonds is 11. The molecule has 9 nitrogen and oxygen atoms in total. The maximum atomic E-state index is 13.5. The summed E-state index contributed by atoms with van der Waals surface area (Å²) in [5, 5.41) is 21.9. The summed E-state index contributed by atoms with van der Waals surface area (Å²) in [5.41, 5.74) is 0.112. The molecule has 1 atom stereocenters. The third-order valence-corrected chi connectivity index (χ3v) is 5.44. The maximum Gasteiger partial charge on any atom is 0.414 e. The summed E-state index contributed by atoms with van der Waals surface area (Å²) < 4.78 is 37.2. The summed E-state index contributed by atoms with van der Waals surface area (Å²) >= 11 is 5.91. The van der Waals surface area contributed by atoms with Gasteiger partial charge in [0, 0.05) is 18.2 Å². The smallest absolute Gasteiger partial charge is 0.414 e. The molecule has 1 aromatic heterocycles. The van der Waals surface area contributed by atoms with Gasteiger partial charge in [0.25, 0.3) is 0 Å². The molecule has 1 heterocycles. The molecule has 0 saturated heterocycles. The van der Waals surface area contributed by atoms with Gasteiger partial charge in [0.2, 0.25) is 11.8 Å². The third-order valence-electron chi connectivity index (χ3n) is 5.02. The Balaban J connectivity index is 1.50. The van der Waals surface area contributed by atoms with E-state index in [1.807, 2.05) is 0 Å². The molecule has 3 rings (SSSR count). The molecule has 0 aliphatic rings. The van der Waals surface area contributed by atoms with Crippen molar-refractivity contribution in [1.82, 2.24) is 15.8 Å². The average molecular weight is 537 g/mol. The Bertz CT molecular complexity index is 1230. The van der Waals surface area contributed by atoms with Crippen molar-refractivity contribution < 1.29 is 32.7 Å². The van der Waals surface area contributed by atoms with Crippen LogP contribution in [0.15, 0.2) is 53.1 Å². The molecule has 0 aliphatic heterocycles. The quantitative estimate of drug-likeness (QED) is 0.288. The summed E-state index contributed by atoms with van der Waals surface area (Å²) in [5.74, 6) is -1.45. The lowest BCUT2D eigenvalue weighted by Gasteiger charge is -2.25. The number of carbonyl (C=O) groups is 2. The highest BCUT2D eigenvalue weighted by atomic mass is 35.5. The molecule has 198 valence electrons. The number of benzene rings is 2. The van der Waals surface area contributed by atoms with Crippen LogP contribution >= 0.6 is 11.6 Å². The van der Waals surface area contributed by atoms with Crippen LogP contribution in [0.1, 0.15) is 25.8 Å². The minimum absolute atomic E-state index is 0.0208. The van der Waals surface area contributed by atoms with Gasteiger partial charge in [-0.25, -0.2) is 13.6 Å². The van der Waals surface area contributed by atoms with Gasteiger partial charge < -0.3 is 25.0 Å². The Morgan fingerprint density at radius 1 is 1.19 bits per heavy atom. The summed E-state index contributed by atoms with van der Waals surface area (Å²) in [4.78, 5) is 24.7. The normalized spacial score (nSPS) is 12.2. The van der Waals surface area contributed by atoms with E-state index in [-0.39, 0.29) is 37.0 Å². The standard InChI is InChI=1S/C25H27ClF2N4O5/c1-25(2,35)11-18(30-21(33)13-29-12-16-6-4-8-19(28)23(16)26)14-36-24(34)31-22-10-20(32-37-22)15-5-3-7-17(27)9-15/h3-10,18,29,35H,11-14H2,1-2H3,(H,30,33)(H,31,34)/t18-/m0/s1. The fourth-order valence-electron chi connectivity index (χ4n) is 3.46. The summed E-state index contributed by atoms with van der Waals surface area (Å²) in [6.07, 6.45) is -0.788. The zero-order chi connectivity index (χ0) is 27.0. The Kier molecular flexibility index (Phi) is 9.56. The van der Waals surface area contributed by atoms with E-state index < -0.39 is 35.3 Å². The van der Waals surface area contributed by atoms with E-state index in [2.05, 4.69) is 21.1 Å². The second kappa shape index (κ2) is 12.6. The summed E-state index contributed by atoms with van der Waals surface area (Å²) in [7, 11) is 0. The van der Waals surface area contributed by atoms with Crippen LogP contribution in [0.3, 0.4) is 0 Å². The first-order valence-electron chi connectivity index (χ1n) is 11.3. The van der Waals surface area contributed by atoms with Crippen molar-refractivity contribution in [3.63, 3.8) is 0 Å². The van der Waals surface area contributed by atoms with Crippen molar-refractivity contribution in [2.75, 3.05) is 18.5 Å². The molecule has 0 radical (unpaired) electrons. The molecule has 0 spiro atoms. The second-order valence-corrected chi connectivity index (χ2v) is 9.29. The monoisotopic (exact) mass is 536 g/mol. The molecule has 0 fully saturated rings. The van der Waals surface area contributed by atoms with Gasteiger partial charge in [-0.05, 0) is 44.0 Å². The first kappa shape index (κ1) is 28.0. The predicted octanol–water partition coefficient (Wildman–Crippen LogP) is 4.26. The Labute approximate surface area is 217 Å². The number of halogens is 3. The minimum Gasteiger partial charge on any atom is -0.447 e. The minimum atomic E-state index is -1.16. The van der Waals surface area contributed by atoms with E-state index >= 15 is 0 Å². The van der Waals surface area contributed by atoms with Crippen molar-refractivity contribution in [2.45, 2.75) is 38.5 Å². The lowest BCUT2D eigenvalue weighted by atomic mass is 9.99. The van der Waals surface area contributed by atoms with Gasteiger partial charge in [0.15, 0.2) is 0 Å². The fraction of sp³-hybridized carbons (Fsp3) is 0.320. The van der Waals surface area contributed by atoms with Gasteiger partial charge in [-0.3, -0.25) is 10.1 Å². The van der Waals surface area contributed by atoms with Crippen LogP contribution in [0.25, 0.3) is 11.3 Å². The van der Waals surface area contributed by atoms with Crippen LogP contribution in [0, 0.1) is 11.6 Å². The van der Waals surface area contributed by atoms with Crippen LogP contribution in [-0.2, 0) is 16.1 Å². The molecule has 3 aromatic rings. The molecular weight excluding hydrogens is 510 g/mol. The topological polar surface area (TPSA) is 126 Å². The van der Waals surface area contributed by atoms with Gasteiger partial charge in [0.1, 0.15) is 23.9 Å². The van der Waals surface area contributed by atoms with E-state index in [0.717, 1.165) is 0 Å². The highest BCUT2D eigenvalue weighted by Crippen LogP contribution is 2.22. The zero-order valence-corrected chi connectivity index (χ0v) is 20.9. The second-order valence-electron chi connectivity index (χ2n) is 8.91. The third kappa shape index (κ3) is 9.12. The fourth-order valence-corrected chi connectivity index (χ4v) is 3.65. The molecular formula is C25H27ClF2N4O5. The zero-order valence-electron chi connectivity index (χ0n) is 20.2. The van der Waals surface area contributed by atoms with Crippen molar-refractivity contribution >= 4 is 29.5 Å². The van der Waals surface area contributed by atoms with Gasteiger partial charge in [0.05, 0.1) is 23.2 Å². The number of aromatic nitrogens is 1. The van der Waals surface area contributed by atoms with E-state index in [1.165, 1.54) is 36.4 Å². The molecule has 2 aromatic carbocycles. The van der Waals surface area contributed by atoms with Crippen molar-refractivity contribution in [1.29, 1.82) is 0 Å². The molecule has 0 unspecified atom stereocenters. The van der Waals surface area contributed by atoms with Gasteiger partial charge >= 0.3 is 6.09 Å². The summed E-state index contributed by atoms with van der Waals surface area (Å²) in [6, 6.07) is 10.8. The number of amides is 2. The number of aliphatic hydroxyl groups is 1. The number of carbonyl (C=O) groups excluding carboxylic acids is 2. The molecule has 2 amide bonds. The van der Waals surface area contributed by atoms with Crippen LogP contribution in [-0.4, -0.2) is 47.1 Å². The predicted molar refractivity (Wildman–Crippen MR) is 133 cm³/mol. The molecule has 0 aliphatic carbocycles. The Hall–Kier alpha value is -3.54. The van der Waals surface area contributed by atoms with Crippen LogP contribution in [0.5, 0.6) is 0 Å². The van der Waals surface area contributed by atoms with E-state index in [9.17, 15) is 23.5 Å². The number of ether oxygens (including phenoxy) is 1. The SMILES string of the molecule is CC(C)(O)C[C@@H](COC(=O)Nc1cc(-c2cccc(F)c2)no1)NC(=O)CNCc1cccc(F)c1Cl. The van der Waals surface area contributed by atoms with Gasteiger partial charge in [-0.1, -0.05) is 41.0 Å². The molecule has 12 heteroatoms. The molecule has 4 N–H and O–H groups in total. The Morgan fingerprint density at radius 3 is 2.68 bits per heavy atom. The highest BCUT2D eigenvalue weighted by Gasteiger charge is 2.24. The first-order valence-corrected chi connectivity index (χ1v) is 11.7. The molecule has 37 heavy (non-hydrogen) atoms. The van der Waals surface area contributed by atoms with E-state index in [0.29, 0.717) is 16.8 Å². The lowest BCUT2D eigenvalue weighted by Crippen LogP contribution is -2.46. The van der Waals surface area contributed by atoms with Crippen molar-refractivity contribution in [3.8, 4) is 11.3 Å². The number of nitrogens with one attached hydrogen (secondary N) is 3. The highest BCUT2D eigenvalue weighted by molar-refractivity contribution is 6.31.